The van der Waals surface area contributed by atoms with Gasteiger partial charge in [0.25, 0.3) is 0 Å². The molecule has 4 heteroatoms. The van der Waals surface area contributed by atoms with Crippen molar-refractivity contribution in [3.8, 4) is 0 Å². The minimum absolute atomic E-state index is 0.401. The van der Waals surface area contributed by atoms with E-state index in [9.17, 15) is 4.79 Å². The summed E-state index contributed by atoms with van der Waals surface area (Å²) >= 11 is 1.77. The van der Waals surface area contributed by atoms with Gasteiger partial charge in [-0.1, -0.05) is 6.07 Å². The molecular formula is C14H23NO2S. The molecule has 102 valence electrons. The van der Waals surface area contributed by atoms with Gasteiger partial charge in [0.05, 0.1) is 5.41 Å². The molecule has 18 heavy (non-hydrogen) atoms. The predicted octanol–water partition coefficient (Wildman–Crippen LogP) is 3.63. The topological polar surface area (TPSA) is 40.5 Å². The van der Waals surface area contributed by atoms with Gasteiger partial charge < -0.3 is 5.11 Å². The minimum Gasteiger partial charge on any atom is -0.481 e. The predicted molar refractivity (Wildman–Crippen MR) is 76.0 cm³/mol. The summed E-state index contributed by atoms with van der Waals surface area (Å²) in [4.78, 5) is 14.6. The molecule has 1 aromatic heterocycles. The maximum Gasteiger partial charge on any atom is 0.309 e. The smallest absolute Gasteiger partial charge is 0.309 e. The van der Waals surface area contributed by atoms with Crippen molar-refractivity contribution >= 4 is 17.3 Å². The van der Waals surface area contributed by atoms with Crippen molar-refractivity contribution in [1.82, 2.24) is 4.90 Å². The van der Waals surface area contributed by atoms with Gasteiger partial charge >= 0.3 is 5.97 Å². The Morgan fingerprint density at radius 3 is 2.72 bits per heavy atom. The summed E-state index contributed by atoms with van der Waals surface area (Å²) in [6.45, 7) is 6.69. The third-order valence-corrected chi connectivity index (χ3v) is 4.55. The largest absolute Gasteiger partial charge is 0.481 e. The first kappa shape index (κ1) is 15.2. The van der Waals surface area contributed by atoms with Crippen LogP contribution in [0.2, 0.25) is 0 Å². The summed E-state index contributed by atoms with van der Waals surface area (Å²) in [6, 6.07) is 4.61. The van der Waals surface area contributed by atoms with Crippen molar-refractivity contribution in [3.63, 3.8) is 0 Å². The fourth-order valence-electron chi connectivity index (χ4n) is 1.82. The second-order valence-electron chi connectivity index (χ2n) is 5.46. The number of carbonyl (C=O) groups is 1. The molecule has 0 aliphatic carbocycles. The van der Waals surface area contributed by atoms with Crippen LogP contribution in [0.4, 0.5) is 0 Å². The van der Waals surface area contributed by atoms with Crippen molar-refractivity contribution in [2.75, 3.05) is 13.6 Å². The summed E-state index contributed by atoms with van der Waals surface area (Å²) < 4.78 is 0. The molecule has 0 saturated heterocycles. The summed E-state index contributed by atoms with van der Waals surface area (Å²) in [6.07, 6.45) is 1.62. The van der Waals surface area contributed by atoms with Crippen LogP contribution in [0.25, 0.3) is 0 Å². The lowest BCUT2D eigenvalue weighted by Gasteiger charge is -2.25. The zero-order chi connectivity index (χ0) is 13.8. The molecule has 0 aliphatic heterocycles. The quantitative estimate of drug-likeness (QED) is 0.821. The number of carboxylic acid groups (broad SMARTS) is 1. The van der Waals surface area contributed by atoms with Gasteiger partial charge in [-0.25, -0.2) is 0 Å². The van der Waals surface area contributed by atoms with Gasteiger partial charge in [-0.15, -0.1) is 11.3 Å². The highest BCUT2D eigenvalue weighted by Gasteiger charge is 2.26. The van der Waals surface area contributed by atoms with Gasteiger partial charge in [-0.3, -0.25) is 9.69 Å². The van der Waals surface area contributed by atoms with Crippen LogP contribution in [-0.2, 0) is 4.79 Å². The van der Waals surface area contributed by atoms with E-state index in [0.29, 0.717) is 12.5 Å². The Morgan fingerprint density at radius 2 is 2.22 bits per heavy atom. The lowest BCUT2D eigenvalue weighted by atomic mass is 9.88. The Bertz CT molecular complexity index is 373. The molecule has 0 saturated carbocycles. The lowest BCUT2D eigenvalue weighted by Crippen LogP contribution is -2.27. The van der Waals surface area contributed by atoms with Crippen molar-refractivity contribution in [2.45, 2.75) is 39.7 Å². The first-order chi connectivity index (χ1) is 8.34. The average Bonchev–Trinajstić information content (AvgIpc) is 2.80. The third-order valence-electron chi connectivity index (χ3n) is 3.51. The average molecular weight is 269 g/mol. The number of nitrogens with zero attached hydrogens (tertiary/aromatic N) is 1. The van der Waals surface area contributed by atoms with E-state index in [1.165, 1.54) is 4.88 Å². The van der Waals surface area contributed by atoms with E-state index in [4.69, 9.17) is 5.11 Å². The maximum atomic E-state index is 11.0. The molecule has 3 nitrogen and oxygen atoms in total. The molecule has 1 rings (SSSR count). The lowest BCUT2D eigenvalue weighted by molar-refractivity contribution is -0.147. The van der Waals surface area contributed by atoms with E-state index >= 15 is 0 Å². The van der Waals surface area contributed by atoms with Crippen molar-refractivity contribution in [2.24, 2.45) is 5.41 Å². The molecular weight excluding hydrogens is 246 g/mol. The van der Waals surface area contributed by atoms with Crippen molar-refractivity contribution < 1.29 is 9.90 Å². The molecule has 0 radical (unpaired) electrons. The first-order valence-electron chi connectivity index (χ1n) is 6.31. The van der Waals surface area contributed by atoms with Gasteiger partial charge in [0.15, 0.2) is 0 Å². The Kier molecular flexibility index (Phi) is 5.35. The van der Waals surface area contributed by atoms with E-state index < -0.39 is 11.4 Å². The first-order valence-corrected chi connectivity index (χ1v) is 7.19. The number of rotatable bonds is 7. The van der Waals surface area contributed by atoms with E-state index in [1.54, 1.807) is 25.2 Å². The number of aliphatic carboxylic acids is 1. The van der Waals surface area contributed by atoms with Gasteiger partial charge in [0.1, 0.15) is 0 Å². The zero-order valence-electron chi connectivity index (χ0n) is 11.6. The molecule has 0 spiro atoms. The Hall–Kier alpha value is -0.870. The Balaban J connectivity index is 2.38. The highest BCUT2D eigenvalue weighted by Crippen LogP contribution is 2.26. The monoisotopic (exact) mass is 269 g/mol. The molecule has 0 aromatic carbocycles. The molecule has 1 aromatic rings. The Morgan fingerprint density at radius 1 is 1.56 bits per heavy atom. The third kappa shape index (κ3) is 4.10. The second kappa shape index (κ2) is 6.34. The van der Waals surface area contributed by atoms with Crippen LogP contribution in [-0.4, -0.2) is 29.6 Å². The van der Waals surface area contributed by atoms with Crippen molar-refractivity contribution in [3.05, 3.63) is 22.4 Å². The number of carboxylic acids is 1. The van der Waals surface area contributed by atoms with Gasteiger partial charge in [-0.05, 0) is 58.7 Å². The molecule has 0 bridgehead atoms. The molecule has 0 amide bonds. The standard InChI is InChI=1S/C14H23NO2S/c1-11(12-7-5-10-18-12)15(4)9-6-8-14(2,3)13(16)17/h5,7,10-11H,6,8-9H2,1-4H3,(H,16,17). The minimum atomic E-state index is -0.712. The zero-order valence-corrected chi connectivity index (χ0v) is 12.5. The molecule has 1 heterocycles. The van der Waals surface area contributed by atoms with Gasteiger partial charge in [0, 0.05) is 10.9 Å². The van der Waals surface area contributed by atoms with E-state index in [0.717, 1.165) is 13.0 Å². The molecule has 0 fully saturated rings. The van der Waals surface area contributed by atoms with E-state index in [1.807, 2.05) is 0 Å². The SMILES string of the molecule is CC(c1cccs1)N(C)CCCC(C)(C)C(=O)O. The second-order valence-corrected chi connectivity index (χ2v) is 6.44. The van der Waals surface area contributed by atoms with Crippen LogP contribution in [0.1, 0.15) is 44.5 Å². The highest BCUT2D eigenvalue weighted by molar-refractivity contribution is 7.10. The van der Waals surface area contributed by atoms with Gasteiger partial charge in [0.2, 0.25) is 0 Å². The van der Waals surface area contributed by atoms with Crippen LogP contribution in [0.15, 0.2) is 17.5 Å². The fraction of sp³-hybridized carbons (Fsp3) is 0.643. The van der Waals surface area contributed by atoms with Crippen LogP contribution in [0, 0.1) is 5.41 Å². The number of hydrogen-bond donors (Lipinski definition) is 1. The molecule has 0 aliphatic rings. The van der Waals surface area contributed by atoms with E-state index in [-0.39, 0.29) is 0 Å². The maximum absolute atomic E-state index is 11.0. The molecule has 1 N–H and O–H groups in total. The van der Waals surface area contributed by atoms with Crippen LogP contribution in [0.3, 0.4) is 0 Å². The van der Waals surface area contributed by atoms with Crippen LogP contribution < -0.4 is 0 Å². The van der Waals surface area contributed by atoms with Crippen LogP contribution in [0.5, 0.6) is 0 Å². The normalized spacial score (nSPS) is 13.8. The molecule has 1 atom stereocenters. The van der Waals surface area contributed by atoms with Gasteiger partial charge in [-0.2, -0.15) is 0 Å². The van der Waals surface area contributed by atoms with Crippen molar-refractivity contribution in [1.29, 1.82) is 0 Å². The van der Waals surface area contributed by atoms with Crippen LogP contribution >= 0.6 is 11.3 Å². The highest BCUT2D eigenvalue weighted by atomic mass is 32.1. The summed E-state index contributed by atoms with van der Waals surface area (Å²) in [5.74, 6) is -0.712. The summed E-state index contributed by atoms with van der Waals surface area (Å²) in [5, 5.41) is 11.1. The number of hydrogen-bond acceptors (Lipinski definition) is 3. The summed E-state index contributed by atoms with van der Waals surface area (Å²) in [7, 11) is 2.10. The molecule has 1 unspecified atom stereocenters. The van der Waals surface area contributed by atoms with E-state index in [2.05, 4.69) is 36.4 Å². The summed E-state index contributed by atoms with van der Waals surface area (Å²) in [5.41, 5.74) is -0.618. The fourth-order valence-corrected chi connectivity index (χ4v) is 2.67. The Labute approximate surface area is 113 Å². The number of thiophene rings is 1.